The summed E-state index contributed by atoms with van der Waals surface area (Å²) in [6.45, 7) is 7.30. The summed E-state index contributed by atoms with van der Waals surface area (Å²) in [5.41, 5.74) is 2.21. The zero-order valence-electron chi connectivity index (χ0n) is 14.7. The summed E-state index contributed by atoms with van der Waals surface area (Å²) in [6.07, 6.45) is 0. The minimum absolute atomic E-state index is 0.320. The Kier molecular flexibility index (Phi) is 4.24. The zero-order chi connectivity index (χ0) is 17.4. The highest BCUT2D eigenvalue weighted by atomic mass is 16.5. The van der Waals surface area contributed by atoms with Gasteiger partial charge in [-0.25, -0.2) is 4.98 Å². The quantitative estimate of drug-likeness (QED) is 0.735. The van der Waals surface area contributed by atoms with Crippen molar-refractivity contribution in [2.45, 2.75) is 38.9 Å². The third-order valence-corrected chi connectivity index (χ3v) is 4.68. The van der Waals surface area contributed by atoms with Crippen molar-refractivity contribution in [1.29, 1.82) is 0 Å². The third-order valence-electron chi connectivity index (χ3n) is 4.68. The zero-order valence-corrected chi connectivity index (χ0v) is 14.7. The van der Waals surface area contributed by atoms with E-state index in [0.29, 0.717) is 7.48 Å². The molecule has 3 aromatic rings. The van der Waals surface area contributed by atoms with Gasteiger partial charge in [0.05, 0.1) is 22.2 Å². The molecule has 4 nitrogen and oxygen atoms in total. The maximum atomic E-state index is 10.3. The van der Waals surface area contributed by atoms with Crippen LogP contribution in [0.4, 0.5) is 0 Å². The molecular formula is C19H23BN2O2. The lowest BCUT2D eigenvalue weighted by Crippen LogP contribution is -2.50. The van der Waals surface area contributed by atoms with Gasteiger partial charge in [0.25, 0.3) is 0 Å². The minimum atomic E-state index is -0.948. The number of aromatic nitrogens is 2. The molecule has 0 fully saturated rings. The molecule has 0 aliphatic carbocycles. The van der Waals surface area contributed by atoms with Crippen LogP contribution in [0, 0.1) is 0 Å². The van der Waals surface area contributed by atoms with Crippen LogP contribution in [0.3, 0.4) is 0 Å². The topological polar surface area (TPSA) is 47.3 Å². The lowest BCUT2D eigenvalue weighted by atomic mass is 9.86. The minimum Gasteiger partial charge on any atom is -0.423 e. The summed E-state index contributed by atoms with van der Waals surface area (Å²) in [5.74, 6) is 0. The van der Waals surface area contributed by atoms with Crippen molar-refractivity contribution >= 4 is 24.2 Å². The van der Waals surface area contributed by atoms with E-state index in [1.165, 1.54) is 0 Å². The van der Waals surface area contributed by atoms with Crippen LogP contribution >= 0.6 is 0 Å². The van der Waals surface area contributed by atoms with Crippen LogP contribution in [0.5, 0.6) is 0 Å². The van der Waals surface area contributed by atoms with Gasteiger partial charge in [-0.2, -0.15) is 0 Å². The maximum absolute atomic E-state index is 10.3. The molecule has 24 heavy (non-hydrogen) atoms. The third kappa shape index (κ3) is 3.10. The Balaban J connectivity index is 2.02. The van der Waals surface area contributed by atoms with Crippen molar-refractivity contribution in [3.8, 4) is 5.69 Å². The van der Waals surface area contributed by atoms with Gasteiger partial charge in [0.15, 0.2) is 0 Å². The SMILES string of the molecule is CC(C)(O)C(C)(C)OBc1nc2ccccc2n1-c1ccccc1. The number of imidazole rings is 1. The largest absolute Gasteiger partial charge is 0.423 e. The molecule has 0 saturated heterocycles. The maximum Gasteiger partial charge on any atom is 0.351 e. The molecule has 0 saturated carbocycles. The molecule has 0 aliphatic heterocycles. The Labute approximate surface area is 143 Å². The highest BCUT2D eigenvalue weighted by Crippen LogP contribution is 2.24. The molecule has 1 heterocycles. The first-order valence-corrected chi connectivity index (χ1v) is 8.18. The van der Waals surface area contributed by atoms with Gasteiger partial charge >= 0.3 is 7.48 Å². The van der Waals surface area contributed by atoms with Gasteiger partial charge in [-0.3, -0.25) is 0 Å². The normalized spacial score (nSPS) is 12.5. The lowest BCUT2D eigenvalue weighted by molar-refractivity contribution is -0.0894. The van der Waals surface area contributed by atoms with Crippen molar-refractivity contribution in [3.63, 3.8) is 0 Å². The smallest absolute Gasteiger partial charge is 0.351 e. The first kappa shape index (κ1) is 16.7. The van der Waals surface area contributed by atoms with Crippen molar-refractivity contribution in [2.75, 3.05) is 0 Å². The van der Waals surface area contributed by atoms with Crippen molar-refractivity contribution in [1.82, 2.24) is 9.55 Å². The molecule has 5 heteroatoms. The van der Waals surface area contributed by atoms with Gasteiger partial charge in [0.2, 0.25) is 0 Å². The number of rotatable bonds is 5. The van der Waals surface area contributed by atoms with E-state index in [1.54, 1.807) is 13.8 Å². The Morgan fingerprint density at radius 1 is 0.958 bits per heavy atom. The fourth-order valence-corrected chi connectivity index (χ4v) is 2.46. The Morgan fingerprint density at radius 2 is 1.58 bits per heavy atom. The van der Waals surface area contributed by atoms with Crippen LogP contribution in [0.2, 0.25) is 0 Å². The van der Waals surface area contributed by atoms with Gasteiger partial charge in [0, 0.05) is 5.69 Å². The lowest BCUT2D eigenvalue weighted by Gasteiger charge is -2.37. The van der Waals surface area contributed by atoms with E-state index in [2.05, 4.69) is 22.8 Å². The van der Waals surface area contributed by atoms with E-state index in [9.17, 15) is 5.11 Å². The average molecular weight is 322 g/mol. The van der Waals surface area contributed by atoms with E-state index in [4.69, 9.17) is 9.64 Å². The molecular weight excluding hydrogens is 299 g/mol. The predicted octanol–water partition coefficient (Wildman–Crippen LogP) is 2.57. The highest BCUT2D eigenvalue weighted by molar-refractivity contribution is 6.45. The Morgan fingerprint density at radius 3 is 2.25 bits per heavy atom. The molecule has 0 bridgehead atoms. The molecule has 2 aromatic carbocycles. The van der Waals surface area contributed by atoms with E-state index in [0.717, 1.165) is 22.4 Å². The highest BCUT2D eigenvalue weighted by Gasteiger charge is 2.36. The fourth-order valence-electron chi connectivity index (χ4n) is 2.46. The molecule has 124 valence electrons. The van der Waals surface area contributed by atoms with Gasteiger partial charge in [-0.1, -0.05) is 30.3 Å². The van der Waals surface area contributed by atoms with E-state index in [1.807, 2.05) is 50.2 Å². The molecule has 3 rings (SSSR count). The molecule has 0 spiro atoms. The van der Waals surface area contributed by atoms with Crippen LogP contribution in [0.15, 0.2) is 54.6 Å². The predicted molar refractivity (Wildman–Crippen MR) is 99.3 cm³/mol. The summed E-state index contributed by atoms with van der Waals surface area (Å²) < 4.78 is 8.15. The summed E-state index contributed by atoms with van der Waals surface area (Å²) in [4.78, 5) is 4.73. The Hall–Kier alpha value is -2.11. The van der Waals surface area contributed by atoms with Crippen LogP contribution < -0.4 is 5.72 Å². The molecule has 0 aliphatic rings. The summed E-state index contributed by atoms with van der Waals surface area (Å²) in [7, 11) is 0.320. The number of fused-ring (bicyclic) bond motifs is 1. The number of para-hydroxylation sites is 3. The van der Waals surface area contributed by atoms with Crippen LogP contribution in [0.25, 0.3) is 16.7 Å². The second kappa shape index (κ2) is 6.08. The first-order valence-electron chi connectivity index (χ1n) is 8.18. The van der Waals surface area contributed by atoms with Crippen molar-refractivity contribution < 1.29 is 9.76 Å². The number of hydrogen-bond acceptors (Lipinski definition) is 3. The summed E-state index contributed by atoms with van der Waals surface area (Å²) in [5, 5.41) is 10.3. The second-order valence-corrected chi connectivity index (χ2v) is 7.05. The van der Waals surface area contributed by atoms with Crippen LogP contribution in [-0.4, -0.2) is 33.3 Å². The van der Waals surface area contributed by atoms with Gasteiger partial charge < -0.3 is 14.3 Å². The first-order chi connectivity index (χ1) is 11.3. The standard InChI is InChI=1S/C19H23BN2O2/c1-18(2,23)19(3,4)24-20-17-21-15-12-8-9-13-16(15)22(17)14-10-6-5-7-11-14/h5-13,20,23H,1-4H3. The van der Waals surface area contributed by atoms with Gasteiger partial charge in [-0.15, -0.1) is 0 Å². The second-order valence-electron chi connectivity index (χ2n) is 7.05. The van der Waals surface area contributed by atoms with E-state index in [-0.39, 0.29) is 0 Å². The Bertz CT molecular complexity index is 835. The average Bonchev–Trinajstić information content (AvgIpc) is 2.91. The molecule has 0 radical (unpaired) electrons. The molecule has 0 amide bonds. The van der Waals surface area contributed by atoms with Gasteiger partial charge in [-0.05, 0) is 52.0 Å². The number of hydrogen-bond donors (Lipinski definition) is 1. The molecule has 0 unspecified atom stereocenters. The number of nitrogens with zero attached hydrogens (tertiary/aromatic N) is 2. The molecule has 0 atom stereocenters. The summed E-state index contributed by atoms with van der Waals surface area (Å²) >= 11 is 0. The van der Waals surface area contributed by atoms with Crippen LogP contribution in [-0.2, 0) is 4.65 Å². The molecule has 1 aromatic heterocycles. The summed E-state index contributed by atoms with van der Waals surface area (Å²) in [6, 6.07) is 18.2. The monoisotopic (exact) mass is 322 g/mol. The number of aliphatic hydroxyl groups is 1. The molecule has 1 N–H and O–H groups in total. The fraction of sp³-hybridized carbons (Fsp3) is 0.316. The van der Waals surface area contributed by atoms with Gasteiger partial charge in [0.1, 0.15) is 5.72 Å². The van der Waals surface area contributed by atoms with Crippen molar-refractivity contribution in [3.05, 3.63) is 54.6 Å². The van der Waals surface area contributed by atoms with Crippen LogP contribution in [0.1, 0.15) is 27.7 Å². The van der Waals surface area contributed by atoms with Crippen molar-refractivity contribution in [2.24, 2.45) is 0 Å². The number of benzene rings is 2. The van der Waals surface area contributed by atoms with E-state index < -0.39 is 11.2 Å². The van der Waals surface area contributed by atoms with E-state index >= 15 is 0 Å².